The number of benzene rings is 1. The van der Waals surface area contributed by atoms with Gasteiger partial charge in [0.2, 0.25) is 11.8 Å². The molecule has 1 amide bonds. The SMILES string of the molecule is CC(=O)NC1CN(c2cnc(C)c(-c3nnc(-c4ccccc4)o3)n2)C1. The van der Waals surface area contributed by atoms with Gasteiger partial charge in [-0.05, 0) is 19.1 Å². The number of anilines is 1. The minimum Gasteiger partial charge on any atom is -0.415 e. The Bertz CT molecular complexity index is 934. The maximum absolute atomic E-state index is 11.1. The average molecular weight is 350 g/mol. The molecule has 1 saturated heterocycles. The summed E-state index contributed by atoms with van der Waals surface area (Å²) in [5, 5.41) is 11.1. The lowest BCUT2D eigenvalue weighted by Crippen LogP contribution is -2.59. The first-order chi connectivity index (χ1) is 12.6. The number of nitrogens with one attached hydrogen (secondary N) is 1. The Hall–Kier alpha value is -3.29. The highest BCUT2D eigenvalue weighted by molar-refractivity contribution is 5.73. The number of nitrogens with zero attached hydrogens (tertiary/aromatic N) is 5. The molecule has 0 radical (unpaired) electrons. The van der Waals surface area contributed by atoms with Crippen LogP contribution in [0.25, 0.3) is 23.0 Å². The predicted octanol–water partition coefficient (Wildman–Crippen LogP) is 1.83. The smallest absolute Gasteiger partial charge is 0.268 e. The molecule has 8 nitrogen and oxygen atoms in total. The zero-order valence-electron chi connectivity index (χ0n) is 14.5. The standard InChI is InChI=1S/C18H18N6O2/c1-11-16(18-23-22-17(26-18)13-6-4-3-5-7-13)21-15(8-19-11)24-9-14(10-24)20-12(2)25/h3-8,14H,9-10H2,1-2H3,(H,20,25). The van der Waals surface area contributed by atoms with E-state index >= 15 is 0 Å². The number of aryl methyl sites for hydroxylation is 1. The van der Waals surface area contributed by atoms with Crippen molar-refractivity contribution < 1.29 is 9.21 Å². The number of hydrogen-bond acceptors (Lipinski definition) is 7. The second-order valence-electron chi connectivity index (χ2n) is 6.24. The van der Waals surface area contributed by atoms with Gasteiger partial charge < -0.3 is 14.6 Å². The molecule has 1 aromatic carbocycles. The van der Waals surface area contributed by atoms with Crippen LogP contribution in [0.2, 0.25) is 0 Å². The second kappa shape index (κ2) is 6.55. The van der Waals surface area contributed by atoms with Gasteiger partial charge in [-0.2, -0.15) is 0 Å². The number of carbonyl (C=O) groups is 1. The third-order valence-electron chi connectivity index (χ3n) is 4.20. The van der Waals surface area contributed by atoms with Crippen molar-refractivity contribution in [3.63, 3.8) is 0 Å². The number of hydrogen-bond donors (Lipinski definition) is 1. The van der Waals surface area contributed by atoms with E-state index in [9.17, 15) is 4.79 Å². The van der Waals surface area contributed by atoms with Gasteiger partial charge in [0.15, 0.2) is 5.69 Å². The average Bonchev–Trinajstić information content (AvgIpc) is 3.09. The summed E-state index contributed by atoms with van der Waals surface area (Å²) in [7, 11) is 0. The van der Waals surface area contributed by atoms with E-state index in [1.165, 1.54) is 6.92 Å². The van der Waals surface area contributed by atoms with E-state index in [-0.39, 0.29) is 11.9 Å². The summed E-state index contributed by atoms with van der Waals surface area (Å²) in [6, 6.07) is 9.73. The van der Waals surface area contributed by atoms with Crippen LogP contribution < -0.4 is 10.2 Å². The second-order valence-corrected chi connectivity index (χ2v) is 6.24. The molecule has 26 heavy (non-hydrogen) atoms. The molecule has 0 aliphatic carbocycles. The normalized spacial score (nSPS) is 14.2. The van der Waals surface area contributed by atoms with E-state index in [1.54, 1.807) is 6.20 Å². The highest BCUT2D eigenvalue weighted by atomic mass is 16.4. The van der Waals surface area contributed by atoms with Crippen molar-refractivity contribution in [1.29, 1.82) is 0 Å². The minimum absolute atomic E-state index is 0.0235. The van der Waals surface area contributed by atoms with E-state index in [2.05, 4.69) is 25.5 Å². The van der Waals surface area contributed by atoms with Crippen LogP contribution in [-0.4, -0.2) is 45.2 Å². The fraction of sp³-hybridized carbons (Fsp3) is 0.278. The van der Waals surface area contributed by atoms with Gasteiger partial charge in [-0.1, -0.05) is 18.2 Å². The third-order valence-corrected chi connectivity index (χ3v) is 4.20. The summed E-state index contributed by atoms with van der Waals surface area (Å²) >= 11 is 0. The van der Waals surface area contributed by atoms with Crippen LogP contribution in [0, 0.1) is 6.92 Å². The van der Waals surface area contributed by atoms with Crippen LogP contribution in [-0.2, 0) is 4.79 Å². The Morgan fingerprint density at radius 1 is 1.19 bits per heavy atom. The molecule has 3 aromatic rings. The topological polar surface area (TPSA) is 97.0 Å². The van der Waals surface area contributed by atoms with Crippen molar-refractivity contribution in [2.45, 2.75) is 19.9 Å². The van der Waals surface area contributed by atoms with Gasteiger partial charge in [-0.15, -0.1) is 10.2 Å². The largest absolute Gasteiger partial charge is 0.415 e. The summed E-state index contributed by atoms with van der Waals surface area (Å²) in [6.45, 7) is 4.78. The van der Waals surface area contributed by atoms with E-state index in [0.717, 1.165) is 17.1 Å². The molecule has 1 aliphatic rings. The lowest BCUT2D eigenvalue weighted by atomic mass is 10.1. The van der Waals surface area contributed by atoms with Crippen LogP contribution in [0.4, 0.5) is 5.82 Å². The van der Waals surface area contributed by atoms with Crippen LogP contribution in [0.3, 0.4) is 0 Å². The Morgan fingerprint density at radius 2 is 1.92 bits per heavy atom. The van der Waals surface area contributed by atoms with E-state index < -0.39 is 0 Å². The lowest BCUT2D eigenvalue weighted by Gasteiger charge is -2.40. The van der Waals surface area contributed by atoms with E-state index in [0.29, 0.717) is 30.6 Å². The molecule has 0 bridgehead atoms. The Labute approximate surface area is 150 Å². The molecule has 1 N–H and O–H groups in total. The number of carbonyl (C=O) groups excluding carboxylic acids is 1. The predicted molar refractivity (Wildman–Crippen MR) is 95.3 cm³/mol. The first-order valence-electron chi connectivity index (χ1n) is 8.35. The highest BCUT2D eigenvalue weighted by Gasteiger charge is 2.29. The molecule has 0 spiro atoms. The molecule has 8 heteroatoms. The summed E-state index contributed by atoms with van der Waals surface area (Å²) < 4.78 is 5.80. The van der Waals surface area contributed by atoms with Gasteiger partial charge in [0.05, 0.1) is 17.9 Å². The number of amides is 1. The molecule has 2 aromatic heterocycles. The van der Waals surface area contributed by atoms with Gasteiger partial charge in [0, 0.05) is 25.6 Å². The molecular weight excluding hydrogens is 332 g/mol. The zero-order chi connectivity index (χ0) is 18.1. The van der Waals surface area contributed by atoms with Crippen LogP contribution in [0.1, 0.15) is 12.6 Å². The van der Waals surface area contributed by atoms with Crippen molar-refractivity contribution in [3.05, 3.63) is 42.2 Å². The Morgan fingerprint density at radius 3 is 2.65 bits per heavy atom. The molecule has 1 aliphatic heterocycles. The first-order valence-corrected chi connectivity index (χ1v) is 8.35. The molecule has 4 rings (SSSR count). The van der Waals surface area contributed by atoms with Crippen LogP contribution in [0.5, 0.6) is 0 Å². The summed E-state index contributed by atoms with van der Waals surface area (Å²) in [5.74, 6) is 1.49. The van der Waals surface area contributed by atoms with Crippen molar-refractivity contribution >= 4 is 11.7 Å². The molecule has 0 saturated carbocycles. The monoisotopic (exact) mass is 350 g/mol. The fourth-order valence-corrected chi connectivity index (χ4v) is 2.86. The lowest BCUT2D eigenvalue weighted by molar-refractivity contribution is -0.119. The fourth-order valence-electron chi connectivity index (χ4n) is 2.86. The zero-order valence-corrected chi connectivity index (χ0v) is 14.5. The highest BCUT2D eigenvalue weighted by Crippen LogP contribution is 2.26. The van der Waals surface area contributed by atoms with Crippen LogP contribution >= 0.6 is 0 Å². The molecule has 132 valence electrons. The summed E-state index contributed by atoms with van der Waals surface area (Å²) in [4.78, 5) is 22.2. The third kappa shape index (κ3) is 3.13. The molecular formula is C18H18N6O2. The summed E-state index contributed by atoms with van der Waals surface area (Å²) in [6.07, 6.45) is 1.72. The first kappa shape index (κ1) is 16.2. The maximum atomic E-state index is 11.1. The van der Waals surface area contributed by atoms with Crippen LogP contribution in [0.15, 0.2) is 40.9 Å². The van der Waals surface area contributed by atoms with E-state index in [1.807, 2.05) is 42.2 Å². The van der Waals surface area contributed by atoms with Crippen molar-refractivity contribution in [3.8, 4) is 23.0 Å². The van der Waals surface area contributed by atoms with Crippen molar-refractivity contribution in [1.82, 2.24) is 25.5 Å². The quantitative estimate of drug-likeness (QED) is 0.766. The Kier molecular flexibility index (Phi) is 4.08. The molecule has 0 unspecified atom stereocenters. The maximum Gasteiger partial charge on any atom is 0.268 e. The summed E-state index contributed by atoms with van der Waals surface area (Å²) in [5.41, 5.74) is 2.14. The van der Waals surface area contributed by atoms with Crippen molar-refractivity contribution in [2.24, 2.45) is 0 Å². The van der Waals surface area contributed by atoms with Gasteiger partial charge in [0.1, 0.15) is 5.82 Å². The Balaban J connectivity index is 1.56. The van der Waals surface area contributed by atoms with Gasteiger partial charge >= 0.3 is 0 Å². The molecule has 1 fully saturated rings. The number of rotatable bonds is 4. The van der Waals surface area contributed by atoms with Gasteiger partial charge in [0.25, 0.3) is 5.89 Å². The number of aromatic nitrogens is 4. The molecule has 3 heterocycles. The van der Waals surface area contributed by atoms with Gasteiger partial charge in [-0.25, -0.2) is 4.98 Å². The molecule has 0 atom stereocenters. The minimum atomic E-state index is -0.0235. The van der Waals surface area contributed by atoms with E-state index in [4.69, 9.17) is 4.42 Å². The van der Waals surface area contributed by atoms with Gasteiger partial charge in [-0.3, -0.25) is 9.78 Å². The van der Waals surface area contributed by atoms with Crippen molar-refractivity contribution in [2.75, 3.05) is 18.0 Å².